The molecule has 0 spiro atoms. The molecule has 1 atom stereocenters. The zero-order chi connectivity index (χ0) is 16.8. The topological polar surface area (TPSA) is 84.7 Å². The fourth-order valence-electron chi connectivity index (χ4n) is 3.12. The summed E-state index contributed by atoms with van der Waals surface area (Å²) in [6.07, 6.45) is 3.03. The number of piperidine rings is 1. The molecule has 0 aromatic heterocycles. The average Bonchev–Trinajstić information content (AvgIpc) is 2.55. The summed E-state index contributed by atoms with van der Waals surface area (Å²) in [6.45, 7) is 3.49. The molecule has 6 nitrogen and oxygen atoms in total. The average molecular weight is 319 g/mol. The highest BCUT2D eigenvalue weighted by Gasteiger charge is 2.27. The minimum atomic E-state index is -0.798. The third kappa shape index (κ3) is 4.69. The van der Waals surface area contributed by atoms with Crippen LogP contribution < -0.4 is 15.8 Å². The number of nitrogens with two attached hydrogens (primary N) is 1. The predicted octanol–water partition coefficient (Wildman–Crippen LogP) is 1.53. The lowest BCUT2D eigenvalue weighted by Gasteiger charge is -2.35. The van der Waals surface area contributed by atoms with E-state index in [9.17, 15) is 9.59 Å². The first-order chi connectivity index (χ1) is 11.0. The molecule has 1 heterocycles. The zero-order valence-electron chi connectivity index (χ0n) is 13.7. The highest BCUT2D eigenvalue weighted by molar-refractivity contribution is 5.96. The molecular weight excluding hydrogens is 294 g/mol. The Morgan fingerprint density at radius 3 is 2.61 bits per heavy atom. The maximum atomic E-state index is 11.8. The van der Waals surface area contributed by atoms with Crippen LogP contribution in [0.15, 0.2) is 24.3 Å². The molecule has 6 heteroatoms. The highest BCUT2D eigenvalue weighted by Crippen LogP contribution is 2.27. The standard InChI is InChI=1S/C17H25N3O3/c1-12(16(21)19-17(18)22)20-9-7-13(8-10-20)11-14-5-3-4-6-15(14)23-2/h3-6,12-13H,7-11H2,1-2H3,(H3,18,19,21,22)/t12-/m0/s1. The number of nitrogens with one attached hydrogen (secondary N) is 1. The number of para-hydroxylation sites is 1. The van der Waals surface area contributed by atoms with Gasteiger partial charge in [-0.3, -0.25) is 15.0 Å². The molecule has 1 fully saturated rings. The van der Waals surface area contributed by atoms with Gasteiger partial charge in [0.05, 0.1) is 13.2 Å². The van der Waals surface area contributed by atoms with Crippen molar-refractivity contribution in [3.05, 3.63) is 29.8 Å². The number of methoxy groups -OCH3 is 1. The molecule has 1 aliphatic rings. The minimum Gasteiger partial charge on any atom is -0.496 e. The molecule has 0 unspecified atom stereocenters. The van der Waals surface area contributed by atoms with Crippen LogP contribution in [0, 0.1) is 5.92 Å². The van der Waals surface area contributed by atoms with Gasteiger partial charge in [0.25, 0.3) is 0 Å². The Morgan fingerprint density at radius 2 is 2.00 bits per heavy atom. The van der Waals surface area contributed by atoms with Crippen molar-refractivity contribution >= 4 is 11.9 Å². The first kappa shape index (κ1) is 17.3. The van der Waals surface area contributed by atoms with E-state index in [1.165, 1.54) is 5.56 Å². The number of rotatable bonds is 5. The summed E-state index contributed by atoms with van der Waals surface area (Å²) in [5.41, 5.74) is 6.22. The molecule has 0 saturated carbocycles. The molecule has 126 valence electrons. The Balaban J connectivity index is 1.86. The molecule has 3 N–H and O–H groups in total. The maximum Gasteiger partial charge on any atom is 0.318 e. The number of amides is 3. The number of nitrogens with zero attached hydrogens (tertiary/aromatic N) is 1. The summed E-state index contributed by atoms with van der Waals surface area (Å²) in [5, 5.41) is 2.15. The number of primary amides is 1. The van der Waals surface area contributed by atoms with Crippen molar-refractivity contribution in [2.45, 2.75) is 32.2 Å². The summed E-state index contributed by atoms with van der Waals surface area (Å²) in [7, 11) is 1.69. The van der Waals surface area contributed by atoms with Crippen LogP contribution in [0.1, 0.15) is 25.3 Å². The molecule has 1 aromatic carbocycles. The second kappa shape index (κ2) is 7.97. The fraction of sp³-hybridized carbons (Fsp3) is 0.529. The molecule has 1 aliphatic heterocycles. The van der Waals surface area contributed by atoms with Gasteiger partial charge in [0, 0.05) is 0 Å². The van der Waals surface area contributed by atoms with E-state index in [1.54, 1.807) is 14.0 Å². The number of carbonyl (C=O) groups is 2. The van der Waals surface area contributed by atoms with E-state index in [1.807, 2.05) is 18.2 Å². The van der Waals surface area contributed by atoms with Crippen molar-refractivity contribution in [3.8, 4) is 5.75 Å². The smallest absolute Gasteiger partial charge is 0.318 e. The highest BCUT2D eigenvalue weighted by atomic mass is 16.5. The third-order valence-corrected chi connectivity index (χ3v) is 4.52. The van der Waals surface area contributed by atoms with Crippen molar-refractivity contribution < 1.29 is 14.3 Å². The van der Waals surface area contributed by atoms with Crippen LogP contribution in [-0.2, 0) is 11.2 Å². The fourth-order valence-corrected chi connectivity index (χ4v) is 3.12. The van der Waals surface area contributed by atoms with E-state index in [-0.39, 0.29) is 11.9 Å². The second-order valence-electron chi connectivity index (χ2n) is 6.02. The Kier molecular flexibility index (Phi) is 5.98. The normalized spacial score (nSPS) is 17.5. The maximum absolute atomic E-state index is 11.8. The largest absolute Gasteiger partial charge is 0.496 e. The van der Waals surface area contributed by atoms with E-state index in [4.69, 9.17) is 10.5 Å². The summed E-state index contributed by atoms with van der Waals surface area (Å²) < 4.78 is 5.41. The molecule has 0 bridgehead atoms. The molecule has 1 saturated heterocycles. The molecule has 1 aromatic rings. The molecule has 2 rings (SSSR count). The molecule has 3 amide bonds. The third-order valence-electron chi connectivity index (χ3n) is 4.52. The van der Waals surface area contributed by atoms with Crippen LogP contribution in [0.3, 0.4) is 0 Å². The van der Waals surface area contributed by atoms with Gasteiger partial charge in [0.2, 0.25) is 5.91 Å². The molecule has 0 radical (unpaired) electrons. The summed E-state index contributed by atoms with van der Waals surface area (Å²) in [5.74, 6) is 1.18. The van der Waals surface area contributed by atoms with Gasteiger partial charge in [-0.15, -0.1) is 0 Å². The number of urea groups is 1. The number of hydrogen-bond acceptors (Lipinski definition) is 4. The lowest BCUT2D eigenvalue weighted by atomic mass is 9.89. The summed E-state index contributed by atoms with van der Waals surface area (Å²) in [4.78, 5) is 24.7. The Morgan fingerprint density at radius 1 is 1.35 bits per heavy atom. The zero-order valence-corrected chi connectivity index (χ0v) is 13.7. The van der Waals surface area contributed by atoms with Crippen molar-refractivity contribution in [3.63, 3.8) is 0 Å². The lowest BCUT2D eigenvalue weighted by Crippen LogP contribution is -2.50. The lowest BCUT2D eigenvalue weighted by molar-refractivity contribution is -0.125. The number of imide groups is 1. The van der Waals surface area contributed by atoms with Gasteiger partial charge < -0.3 is 10.5 Å². The van der Waals surface area contributed by atoms with Crippen LogP contribution in [0.25, 0.3) is 0 Å². The van der Waals surface area contributed by atoms with Crippen LogP contribution in [0.5, 0.6) is 5.75 Å². The quantitative estimate of drug-likeness (QED) is 0.862. The predicted molar refractivity (Wildman–Crippen MR) is 88.2 cm³/mol. The van der Waals surface area contributed by atoms with Gasteiger partial charge in [0.1, 0.15) is 5.75 Å². The van der Waals surface area contributed by atoms with Gasteiger partial charge >= 0.3 is 6.03 Å². The van der Waals surface area contributed by atoms with Crippen LogP contribution in [-0.4, -0.2) is 43.1 Å². The van der Waals surface area contributed by atoms with Crippen molar-refractivity contribution in [2.24, 2.45) is 11.7 Å². The second-order valence-corrected chi connectivity index (χ2v) is 6.02. The van der Waals surface area contributed by atoms with E-state index in [2.05, 4.69) is 16.3 Å². The van der Waals surface area contributed by atoms with Crippen molar-refractivity contribution in [1.82, 2.24) is 10.2 Å². The van der Waals surface area contributed by atoms with Crippen LogP contribution in [0.4, 0.5) is 4.79 Å². The van der Waals surface area contributed by atoms with E-state index in [0.29, 0.717) is 5.92 Å². The number of ether oxygens (including phenoxy) is 1. The SMILES string of the molecule is COc1ccccc1CC1CCN([C@@H](C)C(=O)NC(N)=O)CC1. The summed E-state index contributed by atoms with van der Waals surface area (Å²) >= 11 is 0. The van der Waals surface area contributed by atoms with E-state index >= 15 is 0 Å². The minimum absolute atomic E-state index is 0.333. The Hall–Kier alpha value is -2.08. The van der Waals surface area contributed by atoms with Crippen molar-refractivity contribution in [2.75, 3.05) is 20.2 Å². The first-order valence-corrected chi connectivity index (χ1v) is 7.97. The van der Waals surface area contributed by atoms with Gasteiger partial charge in [-0.05, 0) is 56.8 Å². The molecule has 23 heavy (non-hydrogen) atoms. The first-order valence-electron chi connectivity index (χ1n) is 7.97. The molecular formula is C17H25N3O3. The van der Waals surface area contributed by atoms with Gasteiger partial charge in [-0.25, -0.2) is 4.79 Å². The summed E-state index contributed by atoms with van der Waals surface area (Å²) in [6, 6.07) is 6.96. The van der Waals surface area contributed by atoms with Gasteiger partial charge in [-0.1, -0.05) is 18.2 Å². The number of hydrogen-bond donors (Lipinski definition) is 2. The van der Waals surface area contributed by atoms with Crippen LogP contribution >= 0.6 is 0 Å². The Labute approximate surface area is 137 Å². The molecule has 0 aliphatic carbocycles. The number of carbonyl (C=O) groups excluding carboxylic acids is 2. The van der Waals surface area contributed by atoms with Crippen LogP contribution in [0.2, 0.25) is 0 Å². The number of likely N-dealkylation sites (tertiary alicyclic amines) is 1. The Bertz CT molecular complexity index is 554. The van der Waals surface area contributed by atoms with E-state index < -0.39 is 6.03 Å². The van der Waals surface area contributed by atoms with Gasteiger partial charge in [0.15, 0.2) is 0 Å². The monoisotopic (exact) mass is 319 g/mol. The van der Waals surface area contributed by atoms with Gasteiger partial charge in [-0.2, -0.15) is 0 Å². The van der Waals surface area contributed by atoms with E-state index in [0.717, 1.165) is 38.1 Å². The van der Waals surface area contributed by atoms with Crippen molar-refractivity contribution in [1.29, 1.82) is 0 Å². The number of benzene rings is 1.